The molecule has 0 aromatic heterocycles. The summed E-state index contributed by atoms with van der Waals surface area (Å²) < 4.78 is 0. The fourth-order valence-electron chi connectivity index (χ4n) is 1.33. The van der Waals surface area contributed by atoms with E-state index in [1.54, 1.807) is 6.07 Å². The van der Waals surface area contributed by atoms with E-state index in [-0.39, 0.29) is 6.61 Å². The van der Waals surface area contributed by atoms with Crippen LogP contribution in [0, 0.1) is 0 Å². The summed E-state index contributed by atoms with van der Waals surface area (Å²) in [6.07, 6.45) is 2.95. The average Bonchev–Trinajstić information content (AvgIpc) is 2.23. The van der Waals surface area contributed by atoms with Crippen molar-refractivity contribution in [1.29, 1.82) is 0 Å². The summed E-state index contributed by atoms with van der Waals surface area (Å²) in [4.78, 5) is 0. The lowest BCUT2D eigenvalue weighted by Gasteiger charge is -2.07. The van der Waals surface area contributed by atoms with E-state index in [4.69, 9.17) is 16.6 Å². The second-order valence-electron chi connectivity index (χ2n) is 3.55. The number of nitrogen functional groups attached to an aromatic ring is 2. The minimum Gasteiger partial charge on any atom is -0.397 e. The standard InChI is InChI=1S/C11H19N3O/c12-10-5-4-9(8-11(10)13)14-6-2-1-3-7-15/h4-5,8,14-15H,1-3,6-7,12-13H2. The first kappa shape index (κ1) is 11.7. The molecule has 1 aromatic rings. The maximum absolute atomic E-state index is 8.60. The van der Waals surface area contributed by atoms with Crippen LogP contribution in [0.4, 0.5) is 17.1 Å². The van der Waals surface area contributed by atoms with E-state index in [0.717, 1.165) is 31.5 Å². The SMILES string of the molecule is Nc1ccc(NCCCCCO)cc1N. The highest BCUT2D eigenvalue weighted by Crippen LogP contribution is 2.19. The summed E-state index contributed by atoms with van der Waals surface area (Å²) in [5, 5.41) is 11.9. The Bertz CT molecular complexity index is 302. The lowest BCUT2D eigenvalue weighted by molar-refractivity contribution is 0.283. The van der Waals surface area contributed by atoms with Crippen LogP contribution >= 0.6 is 0 Å². The molecular weight excluding hydrogens is 190 g/mol. The topological polar surface area (TPSA) is 84.3 Å². The second kappa shape index (κ2) is 6.14. The molecule has 0 atom stereocenters. The van der Waals surface area contributed by atoms with E-state index in [1.807, 2.05) is 12.1 Å². The van der Waals surface area contributed by atoms with Gasteiger partial charge in [-0.1, -0.05) is 0 Å². The highest BCUT2D eigenvalue weighted by atomic mass is 16.2. The normalized spacial score (nSPS) is 10.2. The fraction of sp³-hybridized carbons (Fsp3) is 0.455. The van der Waals surface area contributed by atoms with Crippen molar-refractivity contribution >= 4 is 17.1 Å². The van der Waals surface area contributed by atoms with E-state index in [2.05, 4.69) is 5.32 Å². The molecule has 0 saturated carbocycles. The maximum Gasteiger partial charge on any atom is 0.0568 e. The Labute approximate surface area is 90.3 Å². The van der Waals surface area contributed by atoms with E-state index in [0.29, 0.717) is 11.4 Å². The molecule has 15 heavy (non-hydrogen) atoms. The molecule has 0 aliphatic carbocycles. The van der Waals surface area contributed by atoms with Gasteiger partial charge in [0.25, 0.3) is 0 Å². The molecule has 0 unspecified atom stereocenters. The van der Waals surface area contributed by atoms with Crippen LogP contribution < -0.4 is 16.8 Å². The van der Waals surface area contributed by atoms with Gasteiger partial charge in [-0.25, -0.2) is 0 Å². The molecule has 1 rings (SSSR count). The minimum absolute atomic E-state index is 0.273. The first-order valence-electron chi connectivity index (χ1n) is 5.24. The van der Waals surface area contributed by atoms with Gasteiger partial charge in [0.1, 0.15) is 0 Å². The third kappa shape index (κ3) is 4.08. The number of aliphatic hydroxyl groups excluding tert-OH is 1. The largest absolute Gasteiger partial charge is 0.397 e. The predicted octanol–water partition coefficient (Wildman–Crippen LogP) is 1.43. The minimum atomic E-state index is 0.273. The Morgan fingerprint density at radius 2 is 1.87 bits per heavy atom. The Kier molecular flexibility index (Phi) is 4.77. The van der Waals surface area contributed by atoms with Gasteiger partial charge in [-0.05, 0) is 37.5 Å². The van der Waals surface area contributed by atoms with Gasteiger partial charge in [-0.3, -0.25) is 0 Å². The molecule has 0 fully saturated rings. The number of hydrogen-bond acceptors (Lipinski definition) is 4. The summed E-state index contributed by atoms with van der Waals surface area (Å²) in [5.41, 5.74) is 13.5. The molecule has 0 aliphatic rings. The predicted molar refractivity (Wildman–Crippen MR) is 64.7 cm³/mol. The van der Waals surface area contributed by atoms with Gasteiger partial charge in [-0.15, -0.1) is 0 Å². The number of hydrogen-bond donors (Lipinski definition) is 4. The van der Waals surface area contributed by atoms with Crippen LogP contribution in [-0.2, 0) is 0 Å². The zero-order valence-electron chi connectivity index (χ0n) is 8.87. The molecule has 0 bridgehead atoms. The Hall–Kier alpha value is -1.42. The van der Waals surface area contributed by atoms with Crippen molar-refractivity contribution in [2.24, 2.45) is 0 Å². The monoisotopic (exact) mass is 209 g/mol. The number of unbranched alkanes of at least 4 members (excludes halogenated alkanes) is 2. The molecule has 0 aliphatic heterocycles. The van der Waals surface area contributed by atoms with Gasteiger partial charge in [0, 0.05) is 18.8 Å². The molecule has 0 heterocycles. The van der Waals surface area contributed by atoms with Gasteiger partial charge in [0.15, 0.2) is 0 Å². The first-order chi connectivity index (χ1) is 7.24. The molecule has 6 N–H and O–H groups in total. The van der Waals surface area contributed by atoms with Crippen molar-refractivity contribution in [2.45, 2.75) is 19.3 Å². The number of nitrogens with two attached hydrogens (primary N) is 2. The van der Waals surface area contributed by atoms with Crippen LogP contribution in [0.15, 0.2) is 18.2 Å². The molecule has 84 valence electrons. The Balaban J connectivity index is 2.28. The van der Waals surface area contributed by atoms with Crippen molar-refractivity contribution in [1.82, 2.24) is 0 Å². The smallest absolute Gasteiger partial charge is 0.0568 e. The van der Waals surface area contributed by atoms with E-state index in [9.17, 15) is 0 Å². The van der Waals surface area contributed by atoms with Crippen LogP contribution in [0.25, 0.3) is 0 Å². The van der Waals surface area contributed by atoms with Crippen molar-refractivity contribution in [3.05, 3.63) is 18.2 Å². The van der Waals surface area contributed by atoms with Gasteiger partial charge < -0.3 is 21.9 Å². The van der Waals surface area contributed by atoms with Gasteiger partial charge >= 0.3 is 0 Å². The van der Waals surface area contributed by atoms with E-state index >= 15 is 0 Å². The zero-order chi connectivity index (χ0) is 11.1. The Morgan fingerprint density at radius 3 is 2.53 bits per heavy atom. The van der Waals surface area contributed by atoms with Crippen molar-refractivity contribution in [3.63, 3.8) is 0 Å². The fourth-order valence-corrected chi connectivity index (χ4v) is 1.33. The lowest BCUT2D eigenvalue weighted by atomic mass is 10.2. The summed E-state index contributed by atoms with van der Waals surface area (Å²) in [6.45, 7) is 1.16. The van der Waals surface area contributed by atoms with Crippen LogP contribution in [0.3, 0.4) is 0 Å². The van der Waals surface area contributed by atoms with E-state index in [1.165, 1.54) is 0 Å². The highest BCUT2D eigenvalue weighted by Gasteiger charge is 1.96. The first-order valence-corrected chi connectivity index (χ1v) is 5.24. The molecule has 0 amide bonds. The summed E-state index contributed by atoms with van der Waals surface area (Å²) in [7, 11) is 0. The third-order valence-corrected chi connectivity index (χ3v) is 2.25. The Morgan fingerprint density at radius 1 is 1.07 bits per heavy atom. The van der Waals surface area contributed by atoms with Crippen molar-refractivity contribution < 1.29 is 5.11 Å². The third-order valence-electron chi connectivity index (χ3n) is 2.25. The average molecular weight is 209 g/mol. The van der Waals surface area contributed by atoms with Crippen LogP contribution in [0.2, 0.25) is 0 Å². The number of benzene rings is 1. The molecule has 0 spiro atoms. The van der Waals surface area contributed by atoms with Gasteiger partial charge in [-0.2, -0.15) is 0 Å². The van der Waals surface area contributed by atoms with Crippen LogP contribution in [0.1, 0.15) is 19.3 Å². The van der Waals surface area contributed by atoms with Crippen LogP contribution in [0.5, 0.6) is 0 Å². The summed E-state index contributed by atoms with van der Waals surface area (Å²) in [5.74, 6) is 0. The highest BCUT2D eigenvalue weighted by molar-refractivity contribution is 5.69. The second-order valence-corrected chi connectivity index (χ2v) is 3.55. The zero-order valence-corrected chi connectivity index (χ0v) is 8.87. The summed E-state index contributed by atoms with van der Waals surface area (Å²) >= 11 is 0. The number of nitrogens with one attached hydrogen (secondary N) is 1. The number of aliphatic hydroxyl groups is 1. The quantitative estimate of drug-likeness (QED) is 0.422. The van der Waals surface area contributed by atoms with Crippen LogP contribution in [-0.4, -0.2) is 18.3 Å². The molecule has 0 saturated heterocycles. The maximum atomic E-state index is 8.60. The molecule has 0 radical (unpaired) electrons. The van der Waals surface area contributed by atoms with Crippen molar-refractivity contribution in [2.75, 3.05) is 29.9 Å². The van der Waals surface area contributed by atoms with Gasteiger partial charge in [0.2, 0.25) is 0 Å². The molecule has 1 aromatic carbocycles. The van der Waals surface area contributed by atoms with E-state index < -0.39 is 0 Å². The summed E-state index contributed by atoms with van der Waals surface area (Å²) in [6, 6.07) is 5.55. The number of anilines is 3. The molecule has 4 nitrogen and oxygen atoms in total. The molecule has 4 heteroatoms. The van der Waals surface area contributed by atoms with Gasteiger partial charge in [0.05, 0.1) is 11.4 Å². The molecular formula is C11H19N3O. The number of rotatable bonds is 6. The lowest BCUT2D eigenvalue weighted by Crippen LogP contribution is -2.03. The van der Waals surface area contributed by atoms with Crippen molar-refractivity contribution in [3.8, 4) is 0 Å².